The molecular formula is C20H21NO3. The molecule has 0 fully saturated rings. The van der Waals surface area contributed by atoms with Crippen LogP contribution in [0.4, 0.5) is 5.69 Å². The summed E-state index contributed by atoms with van der Waals surface area (Å²) in [6, 6.07) is 15.8. The van der Waals surface area contributed by atoms with Crippen LogP contribution in [0, 0.1) is 0 Å². The van der Waals surface area contributed by atoms with Crippen LogP contribution >= 0.6 is 0 Å². The normalized spacial score (nSPS) is 16.4. The smallest absolute Gasteiger partial charge is 0.251 e. The van der Waals surface area contributed by atoms with Crippen molar-refractivity contribution in [3.05, 3.63) is 65.7 Å². The summed E-state index contributed by atoms with van der Waals surface area (Å²) in [5.74, 6) is 0.745. The molecule has 4 nitrogen and oxygen atoms in total. The SMILES string of the molecule is COCOc1ccc(/C=C/C(=O)N2c3ccccc3CC2C)cc1. The van der Waals surface area contributed by atoms with Crippen LogP contribution in [0.3, 0.4) is 0 Å². The first kappa shape index (κ1) is 16.3. The molecule has 0 bridgehead atoms. The van der Waals surface area contributed by atoms with Gasteiger partial charge in [0.05, 0.1) is 0 Å². The van der Waals surface area contributed by atoms with E-state index in [0.29, 0.717) is 0 Å². The zero-order valence-corrected chi connectivity index (χ0v) is 13.9. The van der Waals surface area contributed by atoms with Crippen molar-refractivity contribution in [2.75, 3.05) is 18.8 Å². The molecule has 3 rings (SSSR count). The number of amides is 1. The van der Waals surface area contributed by atoms with Crippen molar-refractivity contribution >= 4 is 17.7 Å². The summed E-state index contributed by atoms with van der Waals surface area (Å²) in [7, 11) is 1.58. The fourth-order valence-electron chi connectivity index (χ4n) is 2.95. The van der Waals surface area contributed by atoms with Crippen molar-refractivity contribution in [2.24, 2.45) is 0 Å². The topological polar surface area (TPSA) is 38.8 Å². The maximum atomic E-state index is 12.6. The van der Waals surface area contributed by atoms with E-state index in [4.69, 9.17) is 9.47 Å². The first-order chi connectivity index (χ1) is 11.7. The van der Waals surface area contributed by atoms with Crippen molar-refractivity contribution in [2.45, 2.75) is 19.4 Å². The maximum Gasteiger partial charge on any atom is 0.251 e. The van der Waals surface area contributed by atoms with Gasteiger partial charge in [-0.15, -0.1) is 0 Å². The van der Waals surface area contributed by atoms with Gasteiger partial charge in [0, 0.05) is 24.9 Å². The van der Waals surface area contributed by atoms with Crippen LogP contribution < -0.4 is 9.64 Å². The summed E-state index contributed by atoms with van der Waals surface area (Å²) < 4.78 is 10.2. The first-order valence-corrected chi connectivity index (χ1v) is 8.00. The van der Waals surface area contributed by atoms with Crippen LogP contribution in [-0.2, 0) is 16.0 Å². The summed E-state index contributed by atoms with van der Waals surface area (Å²) in [5, 5.41) is 0. The van der Waals surface area contributed by atoms with Gasteiger partial charge in [0.15, 0.2) is 6.79 Å². The van der Waals surface area contributed by atoms with Gasteiger partial charge < -0.3 is 14.4 Å². The molecule has 1 amide bonds. The predicted octanol–water partition coefficient (Wildman–Crippen LogP) is 3.66. The molecule has 0 radical (unpaired) electrons. The Bertz CT molecular complexity index is 737. The Morgan fingerprint density at radius 1 is 1.21 bits per heavy atom. The van der Waals surface area contributed by atoms with Gasteiger partial charge in [-0.2, -0.15) is 0 Å². The second-order valence-electron chi connectivity index (χ2n) is 5.84. The maximum absolute atomic E-state index is 12.6. The van der Waals surface area contributed by atoms with Gasteiger partial charge in [0.1, 0.15) is 5.75 Å². The lowest BCUT2D eigenvalue weighted by molar-refractivity contribution is -0.114. The third kappa shape index (κ3) is 3.49. The number of methoxy groups -OCH3 is 1. The van der Waals surface area contributed by atoms with Gasteiger partial charge in [0.25, 0.3) is 5.91 Å². The van der Waals surface area contributed by atoms with Crippen LogP contribution in [0.5, 0.6) is 5.75 Å². The molecule has 0 N–H and O–H groups in total. The molecule has 1 atom stereocenters. The van der Waals surface area contributed by atoms with Crippen LogP contribution in [0.2, 0.25) is 0 Å². The largest absolute Gasteiger partial charge is 0.468 e. The van der Waals surface area contributed by atoms with E-state index in [-0.39, 0.29) is 18.7 Å². The van der Waals surface area contributed by atoms with Crippen LogP contribution in [0.1, 0.15) is 18.1 Å². The molecule has 1 heterocycles. The van der Waals surface area contributed by atoms with Crippen molar-refractivity contribution < 1.29 is 14.3 Å². The summed E-state index contributed by atoms with van der Waals surface area (Å²) in [6.07, 6.45) is 4.36. The van der Waals surface area contributed by atoms with E-state index in [1.54, 1.807) is 13.2 Å². The van der Waals surface area contributed by atoms with Gasteiger partial charge in [0.2, 0.25) is 0 Å². The number of ether oxygens (including phenoxy) is 2. The third-order valence-corrected chi connectivity index (χ3v) is 4.09. The molecule has 1 unspecified atom stereocenters. The molecule has 0 saturated heterocycles. The van der Waals surface area contributed by atoms with Gasteiger partial charge in [-0.3, -0.25) is 4.79 Å². The summed E-state index contributed by atoms with van der Waals surface area (Å²) in [6.45, 7) is 2.30. The Labute approximate surface area is 142 Å². The zero-order chi connectivity index (χ0) is 16.9. The summed E-state index contributed by atoms with van der Waals surface area (Å²) in [4.78, 5) is 14.5. The lowest BCUT2D eigenvalue weighted by Gasteiger charge is -2.20. The minimum Gasteiger partial charge on any atom is -0.468 e. The highest BCUT2D eigenvalue weighted by Gasteiger charge is 2.29. The number of carbonyl (C=O) groups is 1. The second kappa shape index (κ2) is 7.32. The number of rotatable bonds is 5. The Hall–Kier alpha value is -2.59. The number of hydrogen-bond acceptors (Lipinski definition) is 3. The van der Waals surface area contributed by atoms with E-state index in [9.17, 15) is 4.79 Å². The number of nitrogens with zero attached hydrogens (tertiary/aromatic N) is 1. The molecule has 2 aromatic rings. The Morgan fingerprint density at radius 3 is 2.71 bits per heavy atom. The quantitative estimate of drug-likeness (QED) is 0.622. The fourth-order valence-corrected chi connectivity index (χ4v) is 2.95. The molecule has 24 heavy (non-hydrogen) atoms. The number of hydrogen-bond donors (Lipinski definition) is 0. The van der Waals surface area contributed by atoms with E-state index in [2.05, 4.69) is 13.0 Å². The van der Waals surface area contributed by atoms with Crippen LogP contribution in [-0.4, -0.2) is 25.9 Å². The lowest BCUT2D eigenvalue weighted by atomic mass is 10.1. The number of anilines is 1. The van der Waals surface area contributed by atoms with Crippen LogP contribution in [0.15, 0.2) is 54.6 Å². The Balaban J connectivity index is 1.69. The van der Waals surface area contributed by atoms with Gasteiger partial charge in [-0.1, -0.05) is 30.3 Å². The highest BCUT2D eigenvalue weighted by atomic mass is 16.7. The van der Waals surface area contributed by atoms with E-state index in [0.717, 1.165) is 23.4 Å². The molecule has 0 spiro atoms. The van der Waals surface area contributed by atoms with Crippen molar-refractivity contribution in [3.8, 4) is 5.75 Å². The molecule has 1 aliphatic heterocycles. The van der Waals surface area contributed by atoms with E-state index >= 15 is 0 Å². The predicted molar refractivity (Wildman–Crippen MR) is 95.1 cm³/mol. The molecular weight excluding hydrogens is 302 g/mol. The molecule has 124 valence electrons. The van der Waals surface area contributed by atoms with Gasteiger partial charge >= 0.3 is 0 Å². The molecule has 0 aromatic heterocycles. The average molecular weight is 323 g/mol. The van der Waals surface area contributed by atoms with Gasteiger partial charge in [-0.05, 0) is 48.7 Å². The van der Waals surface area contributed by atoms with Crippen LogP contribution in [0.25, 0.3) is 6.08 Å². The monoisotopic (exact) mass is 323 g/mol. The highest BCUT2D eigenvalue weighted by Crippen LogP contribution is 2.32. The van der Waals surface area contributed by atoms with Crippen molar-refractivity contribution in [1.29, 1.82) is 0 Å². The van der Waals surface area contributed by atoms with Gasteiger partial charge in [-0.25, -0.2) is 0 Å². The first-order valence-electron chi connectivity index (χ1n) is 8.00. The summed E-state index contributed by atoms with van der Waals surface area (Å²) in [5.41, 5.74) is 3.20. The number of benzene rings is 2. The minimum absolute atomic E-state index is 0.00663. The molecule has 2 aromatic carbocycles. The third-order valence-electron chi connectivity index (χ3n) is 4.09. The lowest BCUT2D eigenvalue weighted by Crippen LogP contribution is -2.34. The minimum atomic E-state index is 0.00663. The van der Waals surface area contributed by atoms with Crippen molar-refractivity contribution in [3.63, 3.8) is 0 Å². The number of carbonyl (C=O) groups excluding carboxylic acids is 1. The molecule has 4 heteroatoms. The number of para-hydroxylation sites is 1. The molecule has 1 aliphatic rings. The molecule has 0 aliphatic carbocycles. The zero-order valence-electron chi connectivity index (χ0n) is 13.9. The highest BCUT2D eigenvalue weighted by molar-refractivity contribution is 6.05. The van der Waals surface area contributed by atoms with E-state index < -0.39 is 0 Å². The Kier molecular flexibility index (Phi) is 4.96. The molecule has 0 saturated carbocycles. The summed E-state index contributed by atoms with van der Waals surface area (Å²) >= 11 is 0. The van der Waals surface area contributed by atoms with E-state index in [1.807, 2.05) is 53.4 Å². The van der Waals surface area contributed by atoms with E-state index in [1.165, 1.54) is 5.56 Å². The standard InChI is InChI=1S/C20H21NO3/c1-15-13-17-5-3-4-6-19(17)21(15)20(22)12-9-16-7-10-18(11-8-16)24-14-23-2/h3-12,15H,13-14H2,1-2H3/b12-9+. The fraction of sp³-hybridized carbons (Fsp3) is 0.250. The number of fused-ring (bicyclic) bond motifs is 1. The Morgan fingerprint density at radius 2 is 1.96 bits per heavy atom. The van der Waals surface area contributed by atoms with Crippen molar-refractivity contribution in [1.82, 2.24) is 0 Å². The second-order valence-corrected chi connectivity index (χ2v) is 5.84. The average Bonchev–Trinajstić information content (AvgIpc) is 2.94.